The number of carbonyl (C=O) groups is 1. The summed E-state index contributed by atoms with van der Waals surface area (Å²) in [5, 5.41) is 3.11. The molecular weight excluding hydrogens is 480 g/mol. The van der Waals surface area contributed by atoms with E-state index in [2.05, 4.69) is 64.2 Å². The molecule has 2 aromatic heterocycles. The Kier molecular flexibility index (Phi) is 7.72. The average Bonchev–Trinajstić information content (AvgIpc) is 3.51. The van der Waals surface area contributed by atoms with Gasteiger partial charge in [0.15, 0.2) is 0 Å². The van der Waals surface area contributed by atoms with Gasteiger partial charge in [-0.1, -0.05) is 42.5 Å². The van der Waals surface area contributed by atoms with E-state index in [0.29, 0.717) is 0 Å². The summed E-state index contributed by atoms with van der Waals surface area (Å²) in [4.78, 5) is 22.9. The molecule has 2 aromatic carbocycles. The van der Waals surface area contributed by atoms with Gasteiger partial charge in [0.2, 0.25) is 0 Å². The molecule has 3 heterocycles. The Morgan fingerprint density at radius 3 is 2.35 bits per heavy atom. The monoisotopic (exact) mass is 514 g/mol. The molecule has 1 aliphatic rings. The van der Waals surface area contributed by atoms with Crippen molar-refractivity contribution >= 4 is 17.2 Å². The van der Waals surface area contributed by atoms with E-state index in [4.69, 9.17) is 9.72 Å². The van der Waals surface area contributed by atoms with Crippen molar-refractivity contribution in [1.82, 2.24) is 19.4 Å². The molecule has 7 heteroatoms. The Morgan fingerprint density at radius 1 is 0.973 bits per heavy atom. The van der Waals surface area contributed by atoms with Crippen LogP contribution < -0.4 is 4.74 Å². The van der Waals surface area contributed by atoms with Gasteiger partial charge in [-0.2, -0.15) is 0 Å². The highest BCUT2D eigenvalue weighted by atomic mass is 32.1. The van der Waals surface area contributed by atoms with E-state index in [1.54, 1.807) is 18.4 Å². The number of rotatable bonds is 8. The van der Waals surface area contributed by atoms with E-state index in [-0.39, 0.29) is 5.91 Å². The number of carbonyl (C=O) groups excluding carboxylic acids is 1. The number of aryl methyl sites for hydroxylation is 2. The molecule has 0 unspecified atom stereocenters. The van der Waals surface area contributed by atoms with Crippen molar-refractivity contribution in [3.63, 3.8) is 0 Å². The smallest absolute Gasteiger partial charge is 0.255 e. The van der Waals surface area contributed by atoms with Gasteiger partial charge in [0.25, 0.3) is 5.91 Å². The molecule has 0 N–H and O–H groups in total. The highest BCUT2D eigenvalue weighted by Gasteiger charge is 2.26. The van der Waals surface area contributed by atoms with Crippen LogP contribution in [0.5, 0.6) is 5.75 Å². The maximum atomic E-state index is 13.7. The molecule has 0 bridgehead atoms. The van der Waals surface area contributed by atoms with Crippen molar-refractivity contribution in [3.8, 4) is 17.1 Å². The van der Waals surface area contributed by atoms with E-state index < -0.39 is 0 Å². The Morgan fingerprint density at radius 2 is 1.70 bits per heavy atom. The predicted molar refractivity (Wildman–Crippen MR) is 149 cm³/mol. The number of piperazine rings is 1. The fraction of sp³-hybridized carbons (Fsp3) is 0.333. The third-order valence-electron chi connectivity index (χ3n) is 7.17. The first-order chi connectivity index (χ1) is 18.0. The van der Waals surface area contributed by atoms with Crippen LogP contribution >= 0.6 is 11.3 Å². The summed E-state index contributed by atoms with van der Waals surface area (Å²) >= 11 is 1.64. The van der Waals surface area contributed by atoms with Crippen molar-refractivity contribution in [2.24, 2.45) is 0 Å². The van der Waals surface area contributed by atoms with Gasteiger partial charge in [0.1, 0.15) is 5.75 Å². The molecule has 5 rings (SSSR count). The number of aromatic nitrogens is 2. The number of ether oxygens (including phenoxy) is 1. The summed E-state index contributed by atoms with van der Waals surface area (Å²) in [6.45, 7) is 9.05. The summed E-state index contributed by atoms with van der Waals surface area (Å²) < 4.78 is 7.56. The van der Waals surface area contributed by atoms with Crippen molar-refractivity contribution in [1.29, 1.82) is 0 Å². The van der Waals surface area contributed by atoms with Crippen LogP contribution in [0.25, 0.3) is 11.4 Å². The molecule has 6 nitrogen and oxygen atoms in total. The number of hydrogen-bond acceptors (Lipinski definition) is 5. The molecule has 0 atom stereocenters. The first-order valence-corrected chi connectivity index (χ1v) is 13.7. The molecule has 192 valence electrons. The van der Waals surface area contributed by atoms with Gasteiger partial charge in [0.05, 0.1) is 29.1 Å². The minimum atomic E-state index is 0.119. The largest absolute Gasteiger partial charge is 0.497 e. The lowest BCUT2D eigenvalue weighted by atomic mass is 10.1. The van der Waals surface area contributed by atoms with E-state index in [0.717, 1.165) is 79.1 Å². The lowest BCUT2D eigenvalue weighted by Gasteiger charge is -2.34. The second kappa shape index (κ2) is 11.3. The third-order valence-corrected chi connectivity index (χ3v) is 7.94. The minimum Gasteiger partial charge on any atom is -0.497 e. The van der Waals surface area contributed by atoms with Crippen molar-refractivity contribution in [2.45, 2.75) is 33.4 Å². The van der Waals surface area contributed by atoms with Crippen LogP contribution in [0.4, 0.5) is 0 Å². The normalized spacial score (nSPS) is 14.2. The van der Waals surface area contributed by atoms with Gasteiger partial charge in [-0.05, 0) is 49.6 Å². The number of methoxy groups -OCH3 is 1. The van der Waals surface area contributed by atoms with E-state index in [1.807, 2.05) is 30.0 Å². The van der Waals surface area contributed by atoms with Gasteiger partial charge >= 0.3 is 0 Å². The van der Waals surface area contributed by atoms with Gasteiger partial charge < -0.3 is 14.2 Å². The fourth-order valence-electron chi connectivity index (χ4n) is 5.00. The van der Waals surface area contributed by atoms with Crippen molar-refractivity contribution in [3.05, 3.63) is 93.4 Å². The van der Waals surface area contributed by atoms with Crippen LogP contribution in [-0.2, 0) is 19.5 Å². The molecule has 1 saturated heterocycles. The molecular formula is C30H34N4O2S. The van der Waals surface area contributed by atoms with Crippen LogP contribution in [0.3, 0.4) is 0 Å². The molecule has 37 heavy (non-hydrogen) atoms. The molecule has 1 amide bonds. The van der Waals surface area contributed by atoms with Crippen LogP contribution in [-0.4, -0.2) is 58.5 Å². The summed E-state index contributed by atoms with van der Waals surface area (Å²) in [6, 6.07) is 20.8. The first kappa shape index (κ1) is 25.2. The predicted octanol–water partition coefficient (Wildman–Crippen LogP) is 5.44. The number of benzene rings is 2. The number of amides is 1. The Bertz CT molecular complexity index is 1340. The van der Waals surface area contributed by atoms with E-state index in [1.165, 1.54) is 11.1 Å². The topological polar surface area (TPSA) is 50.6 Å². The van der Waals surface area contributed by atoms with Crippen molar-refractivity contribution < 1.29 is 9.53 Å². The molecule has 0 aliphatic carbocycles. The average molecular weight is 515 g/mol. The van der Waals surface area contributed by atoms with E-state index >= 15 is 0 Å². The fourth-order valence-corrected chi connectivity index (χ4v) is 5.60. The molecule has 0 spiro atoms. The lowest BCUT2D eigenvalue weighted by molar-refractivity contribution is 0.0627. The first-order valence-electron chi connectivity index (χ1n) is 12.8. The molecule has 1 aliphatic heterocycles. The molecule has 0 radical (unpaired) electrons. The minimum absolute atomic E-state index is 0.119. The summed E-state index contributed by atoms with van der Waals surface area (Å²) in [7, 11) is 1.68. The van der Waals surface area contributed by atoms with E-state index in [9.17, 15) is 4.79 Å². The highest BCUT2D eigenvalue weighted by Crippen LogP contribution is 2.29. The summed E-state index contributed by atoms with van der Waals surface area (Å²) in [6.07, 6.45) is 0.863. The number of hydrogen-bond donors (Lipinski definition) is 0. The highest BCUT2D eigenvalue weighted by molar-refractivity contribution is 7.09. The molecule has 0 saturated carbocycles. The van der Waals surface area contributed by atoms with Crippen LogP contribution in [0.15, 0.2) is 66.0 Å². The molecule has 1 fully saturated rings. The van der Waals surface area contributed by atoms with Crippen LogP contribution in [0.2, 0.25) is 0 Å². The number of thiazole rings is 1. The standard InChI is InChI=1S/C30H34N4O2S/c1-22-27(30(35)33-17-15-32(16-18-33)20-25-7-5-4-6-8-25)19-29(28-21-37-23(2)31-28)34(22)14-13-24-9-11-26(36-3)12-10-24/h4-12,19,21H,13-18,20H2,1-3H3. The van der Waals surface area contributed by atoms with Crippen LogP contribution in [0, 0.1) is 13.8 Å². The zero-order valence-corrected chi connectivity index (χ0v) is 22.6. The van der Waals surface area contributed by atoms with Gasteiger partial charge in [-0.15, -0.1) is 11.3 Å². The summed E-state index contributed by atoms with van der Waals surface area (Å²) in [5.41, 5.74) is 6.29. The second-order valence-corrected chi connectivity index (χ2v) is 10.6. The quantitative estimate of drug-likeness (QED) is 0.314. The van der Waals surface area contributed by atoms with Gasteiger partial charge in [-0.25, -0.2) is 4.98 Å². The second-order valence-electron chi connectivity index (χ2n) is 9.58. The number of nitrogens with zero attached hydrogens (tertiary/aromatic N) is 4. The lowest BCUT2D eigenvalue weighted by Crippen LogP contribution is -2.48. The molecule has 4 aromatic rings. The van der Waals surface area contributed by atoms with Gasteiger partial charge in [0, 0.05) is 50.3 Å². The van der Waals surface area contributed by atoms with Crippen molar-refractivity contribution in [2.75, 3.05) is 33.3 Å². The SMILES string of the molecule is COc1ccc(CCn2c(-c3csc(C)n3)cc(C(=O)N3CCN(Cc4ccccc4)CC3)c2C)cc1. The van der Waals surface area contributed by atoms with Crippen LogP contribution in [0.1, 0.15) is 32.2 Å². The Labute approximate surface area is 223 Å². The third kappa shape index (κ3) is 5.78. The zero-order chi connectivity index (χ0) is 25.8. The maximum absolute atomic E-state index is 13.7. The zero-order valence-electron chi connectivity index (χ0n) is 21.8. The maximum Gasteiger partial charge on any atom is 0.255 e. The Balaban J connectivity index is 1.32. The Hall–Kier alpha value is -3.42. The summed E-state index contributed by atoms with van der Waals surface area (Å²) in [5.74, 6) is 0.976. The van der Waals surface area contributed by atoms with Gasteiger partial charge in [-0.3, -0.25) is 9.69 Å².